The van der Waals surface area contributed by atoms with E-state index in [2.05, 4.69) is 15.9 Å². The number of hydrogen-bond acceptors (Lipinski definition) is 3. The molecule has 4 heteroatoms. The lowest BCUT2D eigenvalue weighted by atomic mass is 10.1. The lowest BCUT2D eigenvalue weighted by molar-refractivity contribution is 0.116. The van der Waals surface area contributed by atoms with Crippen LogP contribution in [0.2, 0.25) is 0 Å². The summed E-state index contributed by atoms with van der Waals surface area (Å²) in [5, 5.41) is 1.15. The molecular formula is C19H29BrO3. The second-order valence-corrected chi connectivity index (χ2v) is 6.90. The van der Waals surface area contributed by atoms with E-state index < -0.39 is 0 Å². The fourth-order valence-corrected chi connectivity index (χ4v) is 3.15. The summed E-state index contributed by atoms with van der Waals surface area (Å²) in [6.07, 6.45) is 12.0. The van der Waals surface area contributed by atoms with Crippen LogP contribution >= 0.6 is 15.9 Å². The van der Waals surface area contributed by atoms with E-state index in [1.54, 1.807) is 0 Å². The first-order valence-electron chi connectivity index (χ1n) is 8.92. The summed E-state index contributed by atoms with van der Waals surface area (Å²) in [6.45, 7) is 1.83. The first-order valence-corrected chi connectivity index (χ1v) is 10.0. The van der Waals surface area contributed by atoms with Gasteiger partial charge in [0.25, 0.3) is 0 Å². The summed E-state index contributed by atoms with van der Waals surface area (Å²) in [7, 11) is 0. The van der Waals surface area contributed by atoms with Crippen LogP contribution in [-0.2, 0) is 11.3 Å². The van der Waals surface area contributed by atoms with Crippen LogP contribution in [0.3, 0.4) is 0 Å². The van der Waals surface area contributed by atoms with Crippen LogP contribution in [0.15, 0.2) is 18.2 Å². The van der Waals surface area contributed by atoms with Gasteiger partial charge >= 0.3 is 0 Å². The molecule has 3 nitrogen and oxygen atoms in total. The molecule has 0 fully saturated rings. The number of rotatable bonds is 13. The SMILES string of the molecule is BrCCCCCCCCCCCOCc1ccc2c(c1)OCO2. The van der Waals surface area contributed by atoms with E-state index in [1.807, 2.05) is 18.2 Å². The normalized spacial score (nSPS) is 12.7. The van der Waals surface area contributed by atoms with Crippen molar-refractivity contribution >= 4 is 15.9 Å². The van der Waals surface area contributed by atoms with E-state index in [9.17, 15) is 0 Å². The van der Waals surface area contributed by atoms with Crippen molar-refractivity contribution in [2.45, 2.75) is 64.4 Å². The minimum atomic E-state index is 0.330. The van der Waals surface area contributed by atoms with Gasteiger partial charge in [0.2, 0.25) is 6.79 Å². The molecular weight excluding hydrogens is 356 g/mol. The second kappa shape index (κ2) is 11.7. The number of ether oxygens (including phenoxy) is 3. The molecule has 0 aliphatic carbocycles. The molecule has 1 aromatic rings. The molecule has 2 rings (SSSR count). The van der Waals surface area contributed by atoms with Gasteiger partial charge in [-0.1, -0.05) is 66.9 Å². The lowest BCUT2D eigenvalue weighted by Crippen LogP contribution is -1.96. The molecule has 1 heterocycles. The molecule has 0 aromatic heterocycles. The number of benzene rings is 1. The zero-order chi connectivity index (χ0) is 16.2. The Morgan fingerprint density at radius 1 is 0.826 bits per heavy atom. The molecule has 0 unspecified atom stereocenters. The highest BCUT2D eigenvalue weighted by Crippen LogP contribution is 2.32. The first kappa shape index (κ1) is 18.6. The number of fused-ring (bicyclic) bond motifs is 1. The number of unbranched alkanes of at least 4 members (excludes halogenated alkanes) is 8. The Labute approximate surface area is 148 Å². The van der Waals surface area contributed by atoms with E-state index in [0.717, 1.165) is 35.4 Å². The Balaban J connectivity index is 1.40. The van der Waals surface area contributed by atoms with Crippen LogP contribution in [0.4, 0.5) is 0 Å². The topological polar surface area (TPSA) is 27.7 Å². The number of hydrogen-bond donors (Lipinski definition) is 0. The lowest BCUT2D eigenvalue weighted by Gasteiger charge is -2.06. The number of alkyl halides is 1. The Kier molecular flexibility index (Phi) is 9.49. The Bertz CT molecular complexity index is 437. The minimum Gasteiger partial charge on any atom is -0.454 e. The number of halogens is 1. The zero-order valence-electron chi connectivity index (χ0n) is 14.0. The van der Waals surface area contributed by atoms with Gasteiger partial charge in [-0.25, -0.2) is 0 Å². The van der Waals surface area contributed by atoms with Crippen molar-refractivity contribution < 1.29 is 14.2 Å². The van der Waals surface area contributed by atoms with Gasteiger partial charge in [-0.15, -0.1) is 0 Å². The van der Waals surface area contributed by atoms with E-state index >= 15 is 0 Å². The molecule has 0 saturated carbocycles. The maximum Gasteiger partial charge on any atom is 0.231 e. The van der Waals surface area contributed by atoms with Gasteiger partial charge in [0.05, 0.1) is 6.61 Å². The third-order valence-electron chi connectivity index (χ3n) is 4.13. The van der Waals surface area contributed by atoms with Crippen LogP contribution in [0.5, 0.6) is 11.5 Å². The second-order valence-electron chi connectivity index (χ2n) is 6.11. The summed E-state index contributed by atoms with van der Waals surface area (Å²) >= 11 is 3.48. The molecule has 0 atom stereocenters. The van der Waals surface area contributed by atoms with Gasteiger partial charge in [-0.05, 0) is 30.5 Å². The van der Waals surface area contributed by atoms with E-state index in [4.69, 9.17) is 14.2 Å². The first-order chi connectivity index (χ1) is 11.4. The maximum atomic E-state index is 5.75. The summed E-state index contributed by atoms with van der Waals surface area (Å²) < 4.78 is 16.4. The van der Waals surface area contributed by atoms with Crippen LogP contribution in [0.25, 0.3) is 0 Å². The molecule has 0 amide bonds. The van der Waals surface area contributed by atoms with Crippen LogP contribution in [-0.4, -0.2) is 18.7 Å². The highest BCUT2D eigenvalue weighted by Gasteiger charge is 2.12. The average molecular weight is 385 g/mol. The van der Waals surface area contributed by atoms with E-state index in [-0.39, 0.29) is 0 Å². The highest BCUT2D eigenvalue weighted by molar-refractivity contribution is 9.09. The third-order valence-corrected chi connectivity index (χ3v) is 4.69. The van der Waals surface area contributed by atoms with Crippen molar-refractivity contribution in [2.75, 3.05) is 18.7 Å². The highest BCUT2D eigenvalue weighted by atomic mass is 79.9. The van der Waals surface area contributed by atoms with Crippen molar-refractivity contribution in [3.05, 3.63) is 23.8 Å². The van der Waals surface area contributed by atoms with Crippen LogP contribution in [0.1, 0.15) is 63.4 Å². The third kappa shape index (κ3) is 7.58. The maximum absolute atomic E-state index is 5.75. The van der Waals surface area contributed by atoms with Crippen molar-refractivity contribution in [3.63, 3.8) is 0 Å². The smallest absolute Gasteiger partial charge is 0.231 e. The molecule has 0 N–H and O–H groups in total. The van der Waals surface area contributed by atoms with Gasteiger partial charge in [-0.3, -0.25) is 0 Å². The molecule has 1 aliphatic rings. The van der Waals surface area contributed by atoms with Gasteiger partial charge < -0.3 is 14.2 Å². The molecule has 130 valence electrons. The van der Waals surface area contributed by atoms with Gasteiger partial charge in [0.15, 0.2) is 11.5 Å². The Hall–Kier alpha value is -0.740. The van der Waals surface area contributed by atoms with Crippen LogP contribution < -0.4 is 9.47 Å². The zero-order valence-corrected chi connectivity index (χ0v) is 15.6. The summed E-state index contributed by atoms with van der Waals surface area (Å²) in [6, 6.07) is 6.01. The fraction of sp³-hybridized carbons (Fsp3) is 0.684. The molecule has 0 radical (unpaired) electrons. The van der Waals surface area contributed by atoms with Gasteiger partial charge in [-0.2, -0.15) is 0 Å². The van der Waals surface area contributed by atoms with Crippen molar-refractivity contribution in [3.8, 4) is 11.5 Å². The molecule has 1 aliphatic heterocycles. The van der Waals surface area contributed by atoms with Gasteiger partial charge in [0.1, 0.15) is 0 Å². The fourth-order valence-electron chi connectivity index (χ4n) is 2.76. The Morgan fingerprint density at radius 3 is 2.22 bits per heavy atom. The van der Waals surface area contributed by atoms with E-state index in [1.165, 1.54) is 51.4 Å². The molecule has 0 bridgehead atoms. The van der Waals surface area contributed by atoms with Gasteiger partial charge in [0, 0.05) is 11.9 Å². The van der Waals surface area contributed by atoms with Crippen molar-refractivity contribution in [1.82, 2.24) is 0 Å². The molecule has 0 spiro atoms. The molecule has 0 saturated heterocycles. The quantitative estimate of drug-likeness (QED) is 0.315. The summed E-state index contributed by atoms with van der Waals surface area (Å²) in [5.74, 6) is 1.67. The Morgan fingerprint density at radius 2 is 1.48 bits per heavy atom. The minimum absolute atomic E-state index is 0.330. The molecule has 23 heavy (non-hydrogen) atoms. The average Bonchev–Trinajstić information content (AvgIpc) is 3.03. The summed E-state index contributed by atoms with van der Waals surface area (Å²) in [5.41, 5.74) is 1.15. The molecule has 1 aromatic carbocycles. The predicted molar refractivity (Wildman–Crippen MR) is 97.6 cm³/mol. The van der Waals surface area contributed by atoms with E-state index in [0.29, 0.717) is 13.4 Å². The monoisotopic (exact) mass is 384 g/mol. The van der Waals surface area contributed by atoms with Crippen LogP contribution in [0, 0.1) is 0 Å². The predicted octanol–water partition coefficient (Wildman–Crippen LogP) is 5.84. The summed E-state index contributed by atoms with van der Waals surface area (Å²) in [4.78, 5) is 0. The van der Waals surface area contributed by atoms with Crippen molar-refractivity contribution in [1.29, 1.82) is 0 Å². The largest absolute Gasteiger partial charge is 0.454 e. The standard InChI is InChI=1S/C19H29BrO3/c20-12-8-6-4-2-1-3-5-7-9-13-21-15-17-10-11-18-19(14-17)23-16-22-18/h10-11,14H,1-9,12-13,15-16H2. The van der Waals surface area contributed by atoms with Crippen molar-refractivity contribution in [2.24, 2.45) is 0 Å².